The maximum atomic E-state index is 12.0. The summed E-state index contributed by atoms with van der Waals surface area (Å²) in [6.07, 6.45) is -0.428. The first kappa shape index (κ1) is 19.6. The predicted octanol–water partition coefficient (Wildman–Crippen LogP) is 0.0165. The van der Waals surface area contributed by atoms with Crippen molar-refractivity contribution in [3.63, 3.8) is 0 Å². The molecular formula is C17H24O8. The van der Waals surface area contributed by atoms with Crippen LogP contribution in [0.3, 0.4) is 0 Å². The van der Waals surface area contributed by atoms with E-state index in [-0.39, 0.29) is 5.92 Å². The SMILES string of the molecule is CC(C)C1=CC(OC(=O)O[C@@H]2O[C@@H](CO)[C@H](O)[C@@H](O)[C@@H]2O)C=CC=C1. The average Bonchev–Trinajstić information content (AvgIpc) is 2.81. The molecule has 1 heterocycles. The minimum Gasteiger partial charge on any atom is -0.422 e. The van der Waals surface area contributed by atoms with E-state index in [1.165, 1.54) is 0 Å². The molecule has 0 aromatic rings. The van der Waals surface area contributed by atoms with Crippen molar-refractivity contribution in [2.75, 3.05) is 6.61 Å². The van der Waals surface area contributed by atoms with E-state index in [2.05, 4.69) is 0 Å². The van der Waals surface area contributed by atoms with Crippen LogP contribution in [0.4, 0.5) is 4.79 Å². The smallest absolute Gasteiger partial charge is 0.422 e. The molecule has 1 saturated heterocycles. The molecule has 0 aromatic heterocycles. The molecule has 4 N–H and O–H groups in total. The number of carbonyl (C=O) groups excluding carboxylic acids is 1. The highest BCUT2D eigenvalue weighted by atomic mass is 16.8. The van der Waals surface area contributed by atoms with Gasteiger partial charge in [0.1, 0.15) is 30.5 Å². The molecule has 8 nitrogen and oxygen atoms in total. The lowest BCUT2D eigenvalue weighted by Gasteiger charge is -2.38. The average molecular weight is 356 g/mol. The van der Waals surface area contributed by atoms with Crippen molar-refractivity contribution in [2.24, 2.45) is 5.92 Å². The van der Waals surface area contributed by atoms with Crippen molar-refractivity contribution in [1.29, 1.82) is 0 Å². The molecule has 6 atom stereocenters. The summed E-state index contributed by atoms with van der Waals surface area (Å²) >= 11 is 0. The van der Waals surface area contributed by atoms with Gasteiger partial charge in [0.15, 0.2) is 0 Å². The van der Waals surface area contributed by atoms with Gasteiger partial charge in [0.05, 0.1) is 6.61 Å². The van der Waals surface area contributed by atoms with E-state index >= 15 is 0 Å². The van der Waals surface area contributed by atoms with Crippen LogP contribution in [0.15, 0.2) is 36.0 Å². The first-order chi connectivity index (χ1) is 11.8. The fraction of sp³-hybridized carbons (Fsp3) is 0.588. The summed E-state index contributed by atoms with van der Waals surface area (Å²) in [5, 5.41) is 38.3. The van der Waals surface area contributed by atoms with Gasteiger partial charge in [-0.1, -0.05) is 32.1 Å². The summed E-state index contributed by atoms with van der Waals surface area (Å²) in [5.74, 6) is 0.240. The van der Waals surface area contributed by atoms with Crippen LogP contribution in [-0.4, -0.2) is 70.0 Å². The Labute approximate surface area is 145 Å². The van der Waals surface area contributed by atoms with E-state index < -0.39 is 49.6 Å². The Balaban J connectivity index is 1.98. The lowest BCUT2D eigenvalue weighted by atomic mass is 9.99. The molecule has 0 spiro atoms. The Morgan fingerprint density at radius 2 is 1.88 bits per heavy atom. The minimum absolute atomic E-state index is 0.240. The summed E-state index contributed by atoms with van der Waals surface area (Å²) in [6, 6.07) is 0. The largest absolute Gasteiger partial charge is 0.511 e. The highest BCUT2D eigenvalue weighted by Gasteiger charge is 2.45. The third-order valence-corrected chi connectivity index (χ3v) is 4.02. The number of hydrogen-bond donors (Lipinski definition) is 4. The monoisotopic (exact) mass is 356 g/mol. The van der Waals surface area contributed by atoms with E-state index in [1.807, 2.05) is 26.0 Å². The van der Waals surface area contributed by atoms with Crippen molar-refractivity contribution in [1.82, 2.24) is 0 Å². The van der Waals surface area contributed by atoms with Gasteiger partial charge >= 0.3 is 6.16 Å². The molecule has 2 aliphatic rings. The van der Waals surface area contributed by atoms with Crippen LogP contribution in [0.25, 0.3) is 0 Å². The van der Waals surface area contributed by atoms with Gasteiger partial charge in [0.2, 0.25) is 6.29 Å². The number of rotatable bonds is 4. The number of carbonyl (C=O) groups is 1. The zero-order valence-electron chi connectivity index (χ0n) is 14.1. The van der Waals surface area contributed by atoms with Crippen molar-refractivity contribution in [2.45, 2.75) is 50.7 Å². The summed E-state index contributed by atoms with van der Waals surface area (Å²) in [4.78, 5) is 12.0. The molecule has 140 valence electrons. The van der Waals surface area contributed by atoms with E-state index in [1.54, 1.807) is 18.2 Å². The van der Waals surface area contributed by atoms with Crippen LogP contribution in [0, 0.1) is 5.92 Å². The van der Waals surface area contributed by atoms with Crippen molar-refractivity contribution < 1.29 is 39.4 Å². The van der Waals surface area contributed by atoms with Crippen LogP contribution in [0.2, 0.25) is 0 Å². The third-order valence-electron chi connectivity index (χ3n) is 4.02. The number of hydrogen-bond acceptors (Lipinski definition) is 8. The van der Waals surface area contributed by atoms with Gasteiger partial charge in [-0.2, -0.15) is 0 Å². The first-order valence-corrected chi connectivity index (χ1v) is 8.07. The summed E-state index contributed by atoms with van der Waals surface area (Å²) < 4.78 is 15.2. The van der Waals surface area contributed by atoms with E-state index in [4.69, 9.17) is 19.3 Å². The van der Waals surface area contributed by atoms with Gasteiger partial charge in [-0.25, -0.2) is 4.79 Å². The van der Waals surface area contributed by atoms with Crippen LogP contribution < -0.4 is 0 Å². The standard InChI is InChI=1S/C17H24O8/c1-9(2)10-5-3-4-6-11(7-10)23-17(22)25-16-15(21)14(20)13(19)12(8-18)24-16/h3-7,9,11-16,18-21H,8H2,1-2H3/t11?,12-,13-,14+,15-,16-/m0/s1. The quantitative estimate of drug-likeness (QED) is 0.519. The van der Waals surface area contributed by atoms with E-state index in [0.717, 1.165) is 5.57 Å². The van der Waals surface area contributed by atoms with Gasteiger partial charge in [-0.15, -0.1) is 0 Å². The molecule has 0 radical (unpaired) electrons. The van der Waals surface area contributed by atoms with Gasteiger partial charge in [-0.3, -0.25) is 0 Å². The van der Waals surface area contributed by atoms with E-state index in [0.29, 0.717) is 0 Å². The topological polar surface area (TPSA) is 126 Å². The lowest BCUT2D eigenvalue weighted by Crippen LogP contribution is -2.59. The van der Waals surface area contributed by atoms with Gasteiger partial charge in [0.25, 0.3) is 0 Å². The van der Waals surface area contributed by atoms with Gasteiger partial charge in [0, 0.05) is 0 Å². The third kappa shape index (κ3) is 4.90. The Kier molecular flexibility index (Phi) is 6.74. The Morgan fingerprint density at radius 3 is 2.52 bits per heavy atom. The van der Waals surface area contributed by atoms with Crippen LogP contribution in [-0.2, 0) is 14.2 Å². The highest BCUT2D eigenvalue weighted by molar-refractivity contribution is 5.61. The maximum absolute atomic E-state index is 12.0. The number of aliphatic hydroxyl groups excluding tert-OH is 4. The molecule has 0 amide bonds. The normalized spacial score (nSPS) is 35.2. The second kappa shape index (κ2) is 8.59. The number of ether oxygens (including phenoxy) is 3. The molecule has 1 fully saturated rings. The molecular weight excluding hydrogens is 332 g/mol. The summed E-state index contributed by atoms with van der Waals surface area (Å²) in [6.45, 7) is 3.40. The first-order valence-electron chi connectivity index (χ1n) is 8.07. The van der Waals surface area contributed by atoms with Crippen molar-refractivity contribution in [3.8, 4) is 0 Å². The fourth-order valence-electron chi connectivity index (χ4n) is 2.50. The zero-order valence-corrected chi connectivity index (χ0v) is 14.1. The van der Waals surface area contributed by atoms with E-state index in [9.17, 15) is 20.1 Å². The molecule has 2 rings (SSSR count). The molecule has 1 unspecified atom stereocenters. The van der Waals surface area contributed by atoms with Crippen molar-refractivity contribution >= 4 is 6.16 Å². The second-order valence-corrected chi connectivity index (χ2v) is 6.21. The molecule has 1 aliphatic carbocycles. The maximum Gasteiger partial charge on any atom is 0.511 e. The minimum atomic E-state index is -1.67. The summed E-state index contributed by atoms with van der Waals surface area (Å²) in [5.41, 5.74) is 0.982. The highest BCUT2D eigenvalue weighted by Crippen LogP contribution is 2.23. The Bertz CT molecular complexity index is 551. The molecule has 0 saturated carbocycles. The number of aliphatic hydroxyl groups is 4. The van der Waals surface area contributed by atoms with Crippen LogP contribution >= 0.6 is 0 Å². The van der Waals surface area contributed by atoms with Gasteiger partial charge < -0.3 is 34.6 Å². The molecule has 0 bridgehead atoms. The molecule has 8 heteroatoms. The lowest BCUT2D eigenvalue weighted by molar-refractivity contribution is -0.288. The zero-order chi connectivity index (χ0) is 18.6. The molecule has 0 aromatic carbocycles. The fourth-order valence-corrected chi connectivity index (χ4v) is 2.50. The van der Waals surface area contributed by atoms with Crippen LogP contribution in [0.1, 0.15) is 13.8 Å². The second-order valence-electron chi connectivity index (χ2n) is 6.21. The predicted molar refractivity (Wildman–Crippen MR) is 86.3 cm³/mol. The molecule has 25 heavy (non-hydrogen) atoms. The number of allylic oxidation sites excluding steroid dienone is 4. The van der Waals surface area contributed by atoms with Gasteiger partial charge in [-0.05, 0) is 23.6 Å². The molecule has 1 aliphatic heterocycles. The van der Waals surface area contributed by atoms with Crippen molar-refractivity contribution in [3.05, 3.63) is 36.0 Å². The Morgan fingerprint density at radius 1 is 1.16 bits per heavy atom. The Hall–Kier alpha value is -1.71. The van der Waals surface area contributed by atoms with Crippen LogP contribution in [0.5, 0.6) is 0 Å². The summed E-state index contributed by atoms with van der Waals surface area (Å²) in [7, 11) is 0.